The van der Waals surface area contributed by atoms with Gasteiger partial charge < -0.3 is 10.6 Å². The largest absolute Gasteiger partial charge is 0.340 e. The molecular weight excluding hydrogens is 522 g/mol. The van der Waals surface area contributed by atoms with Crippen LogP contribution >= 0.6 is 0 Å². The van der Waals surface area contributed by atoms with Gasteiger partial charge in [0.1, 0.15) is 6.04 Å². The van der Waals surface area contributed by atoms with E-state index in [1.807, 2.05) is 60.7 Å². The van der Waals surface area contributed by atoms with Crippen LogP contribution in [0.1, 0.15) is 31.9 Å². The summed E-state index contributed by atoms with van der Waals surface area (Å²) in [6.07, 6.45) is 3.36. The van der Waals surface area contributed by atoms with E-state index < -0.39 is 33.4 Å². The molecule has 1 unspecified atom stereocenters. The predicted octanol–water partition coefficient (Wildman–Crippen LogP) is 5.30. The van der Waals surface area contributed by atoms with E-state index in [-0.39, 0.29) is 11.3 Å². The second kappa shape index (κ2) is 12.3. The number of anilines is 1. The molecule has 0 bridgehead atoms. The molecular formula is C32H33N3O4S. The Bertz CT molecular complexity index is 1630. The SMILES string of the molecule is CC(C)(C)NS(=O)(=O)c1ccc(NC(=O)C(Cc2ccccc2)NC(=O)/C=C/c2ccccc2)c2ccccc12. The molecule has 0 heterocycles. The standard InChI is InChI=1S/C32H33N3O4S/c1-32(2,3)35-40(38,39)29-20-19-27(25-16-10-11-17-26(25)29)34-31(37)28(22-24-14-8-5-9-15-24)33-30(36)21-18-23-12-6-4-7-13-23/h4-21,28,35H,22H2,1-3H3,(H,33,36)(H,34,37)/b21-18+. The van der Waals surface area contributed by atoms with E-state index in [2.05, 4.69) is 15.4 Å². The van der Waals surface area contributed by atoms with E-state index in [9.17, 15) is 18.0 Å². The van der Waals surface area contributed by atoms with E-state index in [0.29, 0.717) is 16.5 Å². The Morgan fingerprint density at radius 2 is 1.40 bits per heavy atom. The fourth-order valence-corrected chi connectivity index (χ4v) is 5.94. The Morgan fingerprint density at radius 3 is 2.05 bits per heavy atom. The van der Waals surface area contributed by atoms with Gasteiger partial charge in [-0.2, -0.15) is 0 Å². The van der Waals surface area contributed by atoms with Crippen molar-refractivity contribution in [1.29, 1.82) is 0 Å². The van der Waals surface area contributed by atoms with Crippen molar-refractivity contribution in [3.63, 3.8) is 0 Å². The molecule has 0 saturated heterocycles. The zero-order valence-corrected chi connectivity index (χ0v) is 23.5. The molecule has 1 atom stereocenters. The minimum absolute atomic E-state index is 0.121. The Balaban J connectivity index is 1.62. The monoisotopic (exact) mass is 555 g/mol. The summed E-state index contributed by atoms with van der Waals surface area (Å²) in [5.41, 5.74) is 1.53. The topological polar surface area (TPSA) is 104 Å². The molecule has 0 aliphatic rings. The summed E-state index contributed by atoms with van der Waals surface area (Å²) in [4.78, 5) is 26.5. The van der Waals surface area contributed by atoms with E-state index in [1.165, 1.54) is 12.1 Å². The summed E-state index contributed by atoms with van der Waals surface area (Å²) in [5.74, 6) is -0.821. The maximum atomic E-state index is 13.6. The van der Waals surface area contributed by atoms with E-state index in [4.69, 9.17) is 0 Å². The summed E-state index contributed by atoms with van der Waals surface area (Å²) in [5, 5.41) is 6.79. The molecule has 7 nitrogen and oxygen atoms in total. The van der Waals surface area contributed by atoms with E-state index in [1.54, 1.807) is 57.2 Å². The van der Waals surface area contributed by atoms with Crippen molar-refractivity contribution in [2.45, 2.75) is 43.7 Å². The zero-order valence-electron chi connectivity index (χ0n) is 22.7. The Hall–Kier alpha value is -4.27. The van der Waals surface area contributed by atoms with Crippen LogP contribution in [0.25, 0.3) is 16.8 Å². The highest BCUT2D eigenvalue weighted by atomic mass is 32.2. The van der Waals surface area contributed by atoms with E-state index >= 15 is 0 Å². The van der Waals surface area contributed by atoms with Crippen LogP contribution in [-0.4, -0.2) is 31.8 Å². The minimum Gasteiger partial charge on any atom is -0.340 e. The van der Waals surface area contributed by atoms with Gasteiger partial charge in [-0.3, -0.25) is 9.59 Å². The quantitative estimate of drug-likeness (QED) is 0.244. The molecule has 4 rings (SSSR count). The van der Waals surface area contributed by atoms with E-state index in [0.717, 1.165) is 11.1 Å². The smallest absolute Gasteiger partial charge is 0.247 e. The lowest BCUT2D eigenvalue weighted by atomic mass is 10.0. The number of fused-ring (bicyclic) bond motifs is 1. The van der Waals surface area contributed by atoms with Gasteiger partial charge in [-0.05, 0) is 50.1 Å². The summed E-state index contributed by atoms with van der Waals surface area (Å²) < 4.78 is 29.0. The van der Waals surface area contributed by atoms with Crippen LogP contribution in [0, 0.1) is 0 Å². The maximum absolute atomic E-state index is 13.6. The minimum atomic E-state index is -3.82. The average Bonchev–Trinajstić information content (AvgIpc) is 2.91. The highest BCUT2D eigenvalue weighted by Crippen LogP contribution is 2.30. The fraction of sp³-hybridized carbons (Fsp3) is 0.188. The molecule has 0 aliphatic carbocycles. The molecule has 206 valence electrons. The molecule has 0 spiro atoms. The van der Waals surface area contributed by atoms with Gasteiger partial charge in [0.2, 0.25) is 21.8 Å². The van der Waals surface area contributed by atoms with Gasteiger partial charge in [-0.1, -0.05) is 84.9 Å². The Labute approximate surface area is 235 Å². The van der Waals surface area contributed by atoms with Gasteiger partial charge >= 0.3 is 0 Å². The van der Waals surface area contributed by atoms with Gasteiger partial charge in [0.25, 0.3) is 0 Å². The number of sulfonamides is 1. The first kappa shape index (κ1) is 28.7. The molecule has 2 amide bonds. The lowest BCUT2D eigenvalue weighted by Crippen LogP contribution is -2.44. The normalized spacial score (nSPS) is 12.8. The van der Waals surface area contributed by atoms with Gasteiger partial charge in [0.05, 0.1) is 4.90 Å². The van der Waals surface area contributed by atoms with Crippen molar-refractivity contribution in [2.24, 2.45) is 0 Å². The number of benzene rings is 4. The van der Waals surface area contributed by atoms with Crippen molar-refractivity contribution in [2.75, 3.05) is 5.32 Å². The number of rotatable bonds is 9. The summed E-state index contributed by atoms with van der Waals surface area (Å²) in [6, 6.07) is 28.0. The summed E-state index contributed by atoms with van der Waals surface area (Å²) in [6.45, 7) is 5.33. The third-order valence-corrected chi connectivity index (χ3v) is 7.83. The second-order valence-corrected chi connectivity index (χ2v) is 12.1. The number of carbonyl (C=O) groups excluding carboxylic acids is 2. The van der Waals surface area contributed by atoms with Crippen molar-refractivity contribution in [3.05, 3.63) is 114 Å². The molecule has 4 aromatic carbocycles. The molecule has 8 heteroatoms. The first-order valence-electron chi connectivity index (χ1n) is 13.0. The van der Waals surface area contributed by atoms with Gasteiger partial charge in [0.15, 0.2) is 0 Å². The van der Waals surface area contributed by atoms with Crippen molar-refractivity contribution >= 4 is 44.4 Å². The van der Waals surface area contributed by atoms with Crippen LogP contribution in [0.15, 0.2) is 108 Å². The van der Waals surface area contributed by atoms with Crippen LogP contribution in [0.2, 0.25) is 0 Å². The zero-order chi connectivity index (χ0) is 28.8. The lowest BCUT2D eigenvalue weighted by molar-refractivity contribution is -0.123. The Morgan fingerprint density at radius 1 is 0.800 bits per heavy atom. The third-order valence-electron chi connectivity index (χ3n) is 6.01. The Kier molecular flexibility index (Phi) is 8.82. The van der Waals surface area contributed by atoms with Crippen LogP contribution in [0.3, 0.4) is 0 Å². The van der Waals surface area contributed by atoms with Gasteiger partial charge in [-0.25, -0.2) is 13.1 Å². The fourth-order valence-electron chi connectivity index (χ4n) is 4.31. The highest BCUT2D eigenvalue weighted by Gasteiger charge is 2.26. The van der Waals surface area contributed by atoms with Gasteiger partial charge in [-0.15, -0.1) is 0 Å². The molecule has 3 N–H and O–H groups in total. The molecule has 0 aliphatic heterocycles. The van der Waals surface area contributed by atoms with Crippen LogP contribution in [0.5, 0.6) is 0 Å². The van der Waals surface area contributed by atoms with Crippen LogP contribution < -0.4 is 15.4 Å². The molecule has 0 saturated carbocycles. The number of amides is 2. The number of carbonyl (C=O) groups is 2. The number of hydrogen-bond donors (Lipinski definition) is 3. The van der Waals surface area contributed by atoms with Crippen LogP contribution in [0.4, 0.5) is 5.69 Å². The second-order valence-electron chi connectivity index (χ2n) is 10.5. The highest BCUT2D eigenvalue weighted by molar-refractivity contribution is 7.89. The number of nitrogens with one attached hydrogen (secondary N) is 3. The summed E-state index contributed by atoms with van der Waals surface area (Å²) >= 11 is 0. The molecule has 0 aromatic heterocycles. The molecule has 4 aromatic rings. The maximum Gasteiger partial charge on any atom is 0.247 e. The lowest BCUT2D eigenvalue weighted by Gasteiger charge is -2.22. The molecule has 0 radical (unpaired) electrons. The predicted molar refractivity (Wildman–Crippen MR) is 160 cm³/mol. The molecule has 0 fully saturated rings. The van der Waals surface area contributed by atoms with Crippen molar-refractivity contribution in [3.8, 4) is 0 Å². The average molecular weight is 556 g/mol. The van der Waals surface area contributed by atoms with Gasteiger partial charge in [0, 0.05) is 34.5 Å². The first-order chi connectivity index (χ1) is 19.0. The van der Waals surface area contributed by atoms with Crippen molar-refractivity contribution < 1.29 is 18.0 Å². The first-order valence-corrected chi connectivity index (χ1v) is 14.4. The van der Waals surface area contributed by atoms with Crippen molar-refractivity contribution in [1.82, 2.24) is 10.0 Å². The molecule has 40 heavy (non-hydrogen) atoms. The third kappa shape index (κ3) is 7.65. The van der Waals surface area contributed by atoms with Crippen LogP contribution in [-0.2, 0) is 26.0 Å². The summed E-state index contributed by atoms with van der Waals surface area (Å²) in [7, 11) is -3.82. The number of hydrogen-bond acceptors (Lipinski definition) is 4.